The van der Waals surface area contributed by atoms with E-state index in [1.165, 1.54) is 16.2 Å². The first-order chi connectivity index (χ1) is 18.2. The quantitative estimate of drug-likeness (QED) is 0.170. The normalized spacial score (nSPS) is 18.4. The summed E-state index contributed by atoms with van der Waals surface area (Å²) in [7, 11) is 0. The maximum atomic E-state index is 13.5. The van der Waals surface area contributed by atoms with Gasteiger partial charge in [-0.05, 0) is 66.9 Å². The van der Waals surface area contributed by atoms with Crippen LogP contribution in [0.1, 0.15) is 28.3 Å². The Balaban J connectivity index is 1.56. The number of benzene rings is 3. The fraction of sp³-hybridized carbons (Fsp3) is 0.179. The summed E-state index contributed by atoms with van der Waals surface area (Å²) < 4.78 is 12.1. The fourth-order valence-corrected chi connectivity index (χ4v) is 6.31. The molecule has 0 radical (unpaired) electrons. The van der Waals surface area contributed by atoms with E-state index in [1.54, 1.807) is 36.4 Å². The van der Waals surface area contributed by atoms with Crippen molar-refractivity contribution in [3.63, 3.8) is 0 Å². The van der Waals surface area contributed by atoms with Crippen LogP contribution in [-0.4, -0.2) is 35.0 Å². The standard InChI is InChI=1S/C28H20Cl2N2O5S/c1-13-9-14(2)23-21(10-13)38-28(31-23)32-24(15-3-5-17(29)18(30)11-15)22(26(34)27(32)35)25(33)16-4-6-19-20(12-16)37-8-7-36-19/h3-6,9-12,24,33H,7-8H2,1-2H3/t24-/m0/s1. The lowest BCUT2D eigenvalue weighted by atomic mass is 9.95. The van der Waals surface area contributed by atoms with Gasteiger partial charge in [0.15, 0.2) is 16.6 Å². The van der Waals surface area contributed by atoms with E-state index >= 15 is 0 Å². The first-order valence-corrected chi connectivity index (χ1v) is 13.3. The Morgan fingerprint density at radius 3 is 2.53 bits per heavy atom. The molecule has 6 rings (SSSR count). The fourth-order valence-electron chi connectivity index (χ4n) is 4.84. The van der Waals surface area contributed by atoms with Crippen molar-refractivity contribution in [1.29, 1.82) is 0 Å². The lowest BCUT2D eigenvalue weighted by Crippen LogP contribution is -2.29. The molecule has 0 saturated carbocycles. The molecular weight excluding hydrogens is 547 g/mol. The number of rotatable bonds is 3. The smallest absolute Gasteiger partial charge is 0.301 e. The van der Waals surface area contributed by atoms with Crippen molar-refractivity contribution in [2.75, 3.05) is 18.1 Å². The summed E-state index contributed by atoms with van der Waals surface area (Å²) in [5.41, 5.74) is 3.50. The number of hydrogen-bond acceptors (Lipinski definition) is 7. The van der Waals surface area contributed by atoms with Crippen molar-refractivity contribution >= 4 is 67.3 Å². The number of carbonyl (C=O) groups is 2. The third kappa shape index (κ3) is 4.00. The zero-order chi connectivity index (χ0) is 26.7. The number of ketones is 1. The Kier molecular flexibility index (Phi) is 6.06. The van der Waals surface area contributed by atoms with E-state index in [-0.39, 0.29) is 16.4 Å². The van der Waals surface area contributed by atoms with Crippen molar-refractivity contribution in [2.24, 2.45) is 0 Å². The number of amides is 1. The van der Waals surface area contributed by atoms with Crippen LogP contribution in [0.3, 0.4) is 0 Å². The molecule has 38 heavy (non-hydrogen) atoms. The van der Waals surface area contributed by atoms with E-state index in [0.717, 1.165) is 21.3 Å². The molecule has 1 atom stereocenters. The van der Waals surface area contributed by atoms with E-state index < -0.39 is 17.7 Å². The minimum absolute atomic E-state index is 0.0859. The van der Waals surface area contributed by atoms with Crippen molar-refractivity contribution in [3.05, 3.63) is 86.4 Å². The third-order valence-electron chi connectivity index (χ3n) is 6.54. The maximum absolute atomic E-state index is 13.5. The van der Waals surface area contributed by atoms with Gasteiger partial charge >= 0.3 is 5.91 Å². The Labute approximate surface area is 231 Å². The molecule has 192 valence electrons. The monoisotopic (exact) mass is 566 g/mol. The molecule has 1 fully saturated rings. The number of aliphatic hydroxyl groups excluding tert-OH is 1. The molecule has 1 N–H and O–H groups in total. The van der Waals surface area contributed by atoms with Gasteiger partial charge in [0.25, 0.3) is 5.78 Å². The highest BCUT2D eigenvalue weighted by Crippen LogP contribution is 2.46. The third-order valence-corrected chi connectivity index (χ3v) is 8.28. The zero-order valence-electron chi connectivity index (χ0n) is 20.2. The second-order valence-corrected chi connectivity index (χ2v) is 10.9. The maximum Gasteiger partial charge on any atom is 0.301 e. The molecule has 4 aromatic rings. The predicted molar refractivity (Wildman–Crippen MR) is 148 cm³/mol. The summed E-state index contributed by atoms with van der Waals surface area (Å²) in [5.74, 6) is -0.992. The lowest BCUT2D eigenvalue weighted by Gasteiger charge is -2.23. The number of Topliss-reactive ketones (excluding diaryl/α,β-unsaturated/α-hetero) is 1. The van der Waals surface area contributed by atoms with Crippen LogP contribution < -0.4 is 14.4 Å². The molecule has 0 spiro atoms. The van der Waals surface area contributed by atoms with Crippen molar-refractivity contribution in [2.45, 2.75) is 19.9 Å². The van der Waals surface area contributed by atoms with E-state index in [9.17, 15) is 14.7 Å². The Hall–Kier alpha value is -3.59. The summed E-state index contributed by atoms with van der Waals surface area (Å²) in [5, 5.41) is 12.4. The molecule has 0 unspecified atom stereocenters. The van der Waals surface area contributed by atoms with Gasteiger partial charge in [0.1, 0.15) is 19.0 Å². The van der Waals surface area contributed by atoms with Gasteiger partial charge in [0, 0.05) is 5.56 Å². The van der Waals surface area contributed by atoms with E-state index in [0.29, 0.717) is 46.0 Å². The minimum Gasteiger partial charge on any atom is -0.507 e. The minimum atomic E-state index is -0.986. The molecule has 1 amide bonds. The molecular formula is C28H20Cl2N2O5S. The SMILES string of the molecule is Cc1cc(C)c2nc(N3C(=O)C(=O)C(=C(O)c4ccc5c(c4)OCCO5)[C@@H]3c3ccc(Cl)c(Cl)c3)sc2c1. The van der Waals surface area contributed by atoms with E-state index in [2.05, 4.69) is 0 Å². The number of anilines is 1. The predicted octanol–water partition coefficient (Wildman–Crippen LogP) is 6.62. The summed E-state index contributed by atoms with van der Waals surface area (Å²) in [6.07, 6.45) is 0. The van der Waals surface area contributed by atoms with Gasteiger partial charge in [-0.1, -0.05) is 46.7 Å². The number of ether oxygens (including phenoxy) is 2. The Morgan fingerprint density at radius 2 is 1.76 bits per heavy atom. The first-order valence-electron chi connectivity index (χ1n) is 11.8. The average molecular weight is 567 g/mol. The van der Waals surface area contributed by atoms with Crippen LogP contribution in [0.15, 0.2) is 54.1 Å². The number of fused-ring (bicyclic) bond motifs is 2. The van der Waals surface area contributed by atoms with Crippen LogP contribution in [0.4, 0.5) is 5.13 Å². The van der Waals surface area contributed by atoms with Gasteiger partial charge in [-0.15, -0.1) is 0 Å². The number of aliphatic hydroxyl groups is 1. The summed E-state index contributed by atoms with van der Waals surface area (Å²) in [4.78, 5) is 33.1. The molecule has 1 aromatic heterocycles. The number of thiazole rings is 1. The average Bonchev–Trinajstić information content (AvgIpc) is 3.43. The molecule has 2 aliphatic heterocycles. The molecule has 10 heteroatoms. The summed E-state index contributed by atoms with van der Waals surface area (Å²) in [6.45, 7) is 4.72. The number of aromatic nitrogens is 1. The van der Waals surface area contributed by atoms with Crippen LogP contribution in [0.5, 0.6) is 11.5 Å². The van der Waals surface area contributed by atoms with Crippen LogP contribution in [0.2, 0.25) is 10.0 Å². The van der Waals surface area contributed by atoms with Gasteiger partial charge in [-0.25, -0.2) is 4.98 Å². The molecule has 0 aliphatic carbocycles. The van der Waals surface area contributed by atoms with Gasteiger partial charge in [-0.3, -0.25) is 14.5 Å². The molecule has 7 nitrogen and oxygen atoms in total. The number of carbonyl (C=O) groups excluding carboxylic acids is 2. The second-order valence-electron chi connectivity index (χ2n) is 9.13. The van der Waals surface area contributed by atoms with E-state index in [1.807, 2.05) is 26.0 Å². The number of nitrogens with zero attached hydrogens (tertiary/aromatic N) is 2. The highest BCUT2D eigenvalue weighted by Gasteiger charge is 2.48. The lowest BCUT2D eigenvalue weighted by molar-refractivity contribution is -0.132. The van der Waals surface area contributed by atoms with Crippen molar-refractivity contribution in [3.8, 4) is 11.5 Å². The van der Waals surface area contributed by atoms with Crippen LogP contribution in [-0.2, 0) is 9.59 Å². The molecule has 3 heterocycles. The number of halogens is 2. The Bertz CT molecular complexity index is 1700. The largest absolute Gasteiger partial charge is 0.507 e. The van der Waals surface area contributed by atoms with Crippen LogP contribution in [0, 0.1) is 13.8 Å². The topological polar surface area (TPSA) is 89.0 Å². The van der Waals surface area contributed by atoms with Gasteiger partial charge in [0.2, 0.25) is 0 Å². The molecule has 1 saturated heterocycles. The van der Waals surface area contributed by atoms with Crippen LogP contribution >= 0.6 is 34.5 Å². The highest BCUT2D eigenvalue weighted by molar-refractivity contribution is 7.22. The molecule has 0 bridgehead atoms. The van der Waals surface area contributed by atoms with Crippen molar-refractivity contribution in [1.82, 2.24) is 4.98 Å². The molecule has 3 aromatic carbocycles. The first kappa shape index (κ1) is 24.7. The zero-order valence-corrected chi connectivity index (χ0v) is 22.6. The van der Waals surface area contributed by atoms with Gasteiger partial charge in [-0.2, -0.15) is 0 Å². The number of hydrogen-bond donors (Lipinski definition) is 1. The molecule has 2 aliphatic rings. The van der Waals surface area contributed by atoms with Gasteiger partial charge in [0.05, 0.1) is 31.9 Å². The number of aryl methyl sites for hydroxylation is 2. The summed E-state index contributed by atoms with van der Waals surface area (Å²) >= 11 is 13.8. The van der Waals surface area contributed by atoms with Crippen molar-refractivity contribution < 1.29 is 24.2 Å². The van der Waals surface area contributed by atoms with Crippen LogP contribution in [0.25, 0.3) is 16.0 Å². The highest BCUT2D eigenvalue weighted by atomic mass is 35.5. The van der Waals surface area contributed by atoms with E-state index in [4.69, 9.17) is 37.7 Å². The Morgan fingerprint density at radius 1 is 1.00 bits per heavy atom. The summed E-state index contributed by atoms with van der Waals surface area (Å²) in [6, 6.07) is 12.7. The second kappa shape index (κ2) is 9.31. The van der Waals surface area contributed by atoms with Gasteiger partial charge < -0.3 is 14.6 Å².